The maximum Gasteiger partial charge on any atom is 0.368 e. The summed E-state index contributed by atoms with van der Waals surface area (Å²) in [6, 6.07) is 3.67. The molecule has 3 heterocycles. The number of nitro groups is 1. The van der Waals surface area contributed by atoms with Gasteiger partial charge in [0.25, 0.3) is 0 Å². The zero-order chi connectivity index (χ0) is 16.6. The van der Waals surface area contributed by atoms with E-state index in [1.54, 1.807) is 6.07 Å². The monoisotopic (exact) mass is 331 g/mol. The zero-order valence-electron chi connectivity index (χ0n) is 13.6. The van der Waals surface area contributed by atoms with E-state index in [1.807, 2.05) is 6.07 Å². The first kappa shape index (κ1) is 15.3. The van der Waals surface area contributed by atoms with Crippen LogP contribution < -0.4 is 4.90 Å². The van der Waals surface area contributed by atoms with Gasteiger partial charge in [0.15, 0.2) is 5.82 Å². The summed E-state index contributed by atoms with van der Waals surface area (Å²) in [5.41, 5.74) is 0.398. The Morgan fingerprint density at radius 1 is 1.21 bits per heavy atom. The largest absolute Gasteiger partial charge is 0.371 e. The number of imidazole rings is 1. The molecule has 2 aliphatic rings. The minimum atomic E-state index is -0.455. The number of ether oxygens (including phenoxy) is 1. The molecule has 0 unspecified atom stereocenters. The molecule has 0 bridgehead atoms. The summed E-state index contributed by atoms with van der Waals surface area (Å²) in [6.45, 7) is 2.22. The highest BCUT2D eigenvalue weighted by molar-refractivity contribution is 5.49. The van der Waals surface area contributed by atoms with E-state index in [0.717, 1.165) is 31.7 Å². The van der Waals surface area contributed by atoms with E-state index < -0.39 is 4.92 Å². The van der Waals surface area contributed by atoms with Gasteiger partial charge in [0, 0.05) is 19.2 Å². The number of rotatable bonds is 2. The fourth-order valence-corrected chi connectivity index (χ4v) is 3.86. The van der Waals surface area contributed by atoms with Gasteiger partial charge in [-0.25, -0.2) is 4.98 Å². The number of anilines is 1. The fraction of sp³-hybridized carbons (Fsp3) is 0.625. The summed E-state index contributed by atoms with van der Waals surface area (Å²) >= 11 is 0. The number of hydrogen-bond donors (Lipinski definition) is 0. The first-order chi connectivity index (χ1) is 11.7. The van der Waals surface area contributed by atoms with Gasteiger partial charge in [0.1, 0.15) is 6.20 Å². The topological polar surface area (TPSA) is 85.8 Å². The van der Waals surface area contributed by atoms with Crippen LogP contribution in [-0.4, -0.2) is 44.8 Å². The van der Waals surface area contributed by atoms with Crippen molar-refractivity contribution in [2.24, 2.45) is 0 Å². The van der Waals surface area contributed by atoms with Crippen molar-refractivity contribution < 1.29 is 9.66 Å². The Balaban J connectivity index is 1.63. The van der Waals surface area contributed by atoms with Crippen molar-refractivity contribution in [1.82, 2.24) is 14.6 Å². The minimum Gasteiger partial charge on any atom is -0.371 e. The Labute approximate surface area is 139 Å². The third-order valence-corrected chi connectivity index (χ3v) is 5.10. The molecule has 1 saturated carbocycles. The molecule has 2 aromatic heterocycles. The second-order valence-corrected chi connectivity index (χ2v) is 6.70. The Morgan fingerprint density at radius 2 is 2.00 bits per heavy atom. The van der Waals surface area contributed by atoms with Crippen molar-refractivity contribution in [3.8, 4) is 0 Å². The molecule has 1 spiro atoms. The van der Waals surface area contributed by atoms with Crippen molar-refractivity contribution in [1.29, 1.82) is 0 Å². The maximum absolute atomic E-state index is 11.1. The Hall–Kier alpha value is -2.22. The zero-order valence-corrected chi connectivity index (χ0v) is 13.6. The first-order valence-electron chi connectivity index (χ1n) is 8.55. The molecule has 0 atom stereocenters. The summed E-state index contributed by atoms with van der Waals surface area (Å²) in [5, 5.41) is 15.6. The number of hydrogen-bond acceptors (Lipinski definition) is 6. The van der Waals surface area contributed by atoms with Gasteiger partial charge in [-0.05, 0) is 23.8 Å². The van der Waals surface area contributed by atoms with Gasteiger partial charge < -0.3 is 19.8 Å². The molecule has 24 heavy (non-hydrogen) atoms. The maximum atomic E-state index is 11.1. The molecule has 8 heteroatoms. The molecule has 0 N–H and O–H groups in total. The van der Waals surface area contributed by atoms with E-state index in [0.29, 0.717) is 12.3 Å². The molecule has 1 aliphatic carbocycles. The van der Waals surface area contributed by atoms with E-state index in [9.17, 15) is 10.1 Å². The molecule has 128 valence electrons. The third-order valence-electron chi connectivity index (χ3n) is 5.10. The third kappa shape index (κ3) is 2.71. The van der Waals surface area contributed by atoms with Gasteiger partial charge in [-0.1, -0.05) is 35.3 Å². The molecular formula is C16H21N5O3. The smallest absolute Gasteiger partial charge is 0.368 e. The van der Waals surface area contributed by atoms with Crippen LogP contribution in [0.4, 0.5) is 11.6 Å². The summed E-state index contributed by atoms with van der Waals surface area (Å²) in [4.78, 5) is 16.9. The van der Waals surface area contributed by atoms with Gasteiger partial charge in [-0.15, -0.1) is 0 Å². The Morgan fingerprint density at radius 3 is 2.75 bits per heavy atom. The lowest BCUT2D eigenvalue weighted by atomic mass is 9.92. The molecule has 0 aromatic carbocycles. The highest BCUT2D eigenvalue weighted by Crippen LogP contribution is 2.34. The van der Waals surface area contributed by atoms with Crippen LogP contribution >= 0.6 is 0 Å². The Kier molecular flexibility index (Phi) is 3.84. The van der Waals surface area contributed by atoms with Gasteiger partial charge >= 0.3 is 5.82 Å². The predicted octanol–water partition coefficient (Wildman–Crippen LogP) is 2.57. The standard InChI is InChI=1S/C16H21N5O3/c22-21(23)15-11-17-13-5-6-14(18-20(13)15)19-9-10-24-16(12-19)7-3-1-2-4-8-16/h5-6,11H,1-4,7-10,12H2. The quantitative estimate of drug-likeness (QED) is 0.621. The number of fused-ring (bicyclic) bond motifs is 1. The van der Waals surface area contributed by atoms with Crippen LogP contribution in [0.1, 0.15) is 38.5 Å². The second kappa shape index (κ2) is 6.01. The SMILES string of the molecule is O=[N+]([O-])c1cnc2ccc(N3CCOC4(CCCCCC4)C3)nn12. The van der Waals surface area contributed by atoms with Gasteiger partial charge in [-0.3, -0.25) is 0 Å². The van der Waals surface area contributed by atoms with E-state index in [4.69, 9.17) is 4.74 Å². The molecule has 8 nitrogen and oxygen atoms in total. The van der Waals surface area contributed by atoms with Crippen molar-refractivity contribution >= 4 is 17.3 Å². The summed E-state index contributed by atoms with van der Waals surface area (Å²) in [5.74, 6) is 0.639. The average Bonchev–Trinajstić information content (AvgIpc) is 2.89. The summed E-state index contributed by atoms with van der Waals surface area (Å²) < 4.78 is 7.49. The highest BCUT2D eigenvalue weighted by Gasteiger charge is 2.37. The van der Waals surface area contributed by atoms with E-state index in [-0.39, 0.29) is 11.4 Å². The molecular weight excluding hydrogens is 310 g/mol. The summed E-state index contributed by atoms with van der Waals surface area (Å²) in [7, 11) is 0. The molecule has 0 radical (unpaired) electrons. The summed E-state index contributed by atoms with van der Waals surface area (Å²) in [6.07, 6.45) is 8.36. The van der Waals surface area contributed by atoms with Gasteiger partial charge in [0.05, 0.1) is 12.2 Å². The number of morpholine rings is 1. The van der Waals surface area contributed by atoms with Crippen molar-refractivity contribution in [3.05, 3.63) is 28.4 Å². The van der Waals surface area contributed by atoms with E-state index in [1.165, 1.54) is 36.4 Å². The van der Waals surface area contributed by atoms with E-state index in [2.05, 4.69) is 15.0 Å². The fourth-order valence-electron chi connectivity index (χ4n) is 3.86. The van der Waals surface area contributed by atoms with E-state index >= 15 is 0 Å². The second-order valence-electron chi connectivity index (χ2n) is 6.70. The van der Waals surface area contributed by atoms with Crippen LogP contribution in [0, 0.1) is 10.1 Å². The lowest BCUT2D eigenvalue weighted by molar-refractivity contribution is -0.391. The molecule has 0 amide bonds. The van der Waals surface area contributed by atoms with Crippen LogP contribution in [0.2, 0.25) is 0 Å². The molecule has 4 rings (SSSR count). The average molecular weight is 331 g/mol. The van der Waals surface area contributed by atoms with Crippen molar-refractivity contribution in [3.63, 3.8) is 0 Å². The highest BCUT2D eigenvalue weighted by atomic mass is 16.6. The number of aromatic nitrogens is 3. The number of nitrogens with zero attached hydrogens (tertiary/aromatic N) is 5. The lowest BCUT2D eigenvalue weighted by Gasteiger charge is -2.42. The van der Waals surface area contributed by atoms with Crippen molar-refractivity contribution in [2.45, 2.75) is 44.1 Å². The van der Waals surface area contributed by atoms with Crippen LogP contribution in [0.5, 0.6) is 0 Å². The molecule has 1 saturated heterocycles. The van der Waals surface area contributed by atoms with Gasteiger partial charge in [-0.2, -0.15) is 0 Å². The predicted molar refractivity (Wildman–Crippen MR) is 88.2 cm³/mol. The van der Waals surface area contributed by atoms with Crippen LogP contribution in [0.15, 0.2) is 18.3 Å². The van der Waals surface area contributed by atoms with Crippen LogP contribution in [0.3, 0.4) is 0 Å². The van der Waals surface area contributed by atoms with Crippen LogP contribution in [0.25, 0.3) is 5.65 Å². The van der Waals surface area contributed by atoms with Crippen LogP contribution in [-0.2, 0) is 4.74 Å². The normalized spacial score (nSPS) is 21.1. The minimum absolute atomic E-state index is 0.0910. The molecule has 2 fully saturated rings. The molecule has 2 aromatic rings. The van der Waals surface area contributed by atoms with Crippen molar-refractivity contribution in [2.75, 3.05) is 24.6 Å². The lowest BCUT2D eigenvalue weighted by Crippen LogP contribution is -2.52. The Bertz CT molecular complexity index is 751. The van der Waals surface area contributed by atoms with Gasteiger partial charge in [0.2, 0.25) is 5.65 Å². The molecule has 1 aliphatic heterocycles. The first-order valence-corrected chi connectivity index (χ1v) is 8.55.